The number of carbonyl (C=O) groups excluding carboxylic acids is 2. The molecule has 1 amide bonds. The van der Waals surface area contributed by atoms with Crippen LogP contribution in [-0.2, 0) is 24.3 Å². The van der Waals surface area contributed by atoms with Gasteiger partial charge in [-0.25, -0.2) is 8.42 Å². The van der Waals surface area contributed by atoms with Crippen LogP contribution < -0.4 is 9.62 Å². The van der Waals surface area contributed by atoms with Crippen molar-refractivity contribution < 1.29 is 22.7 Å². The monoisotopic (exact) mass is 512 g/mol. The number of thioether (sulfide) groups is 1. The number of aromatic nitrogens is 2. The summed E-state index contributed by atoms with van der Waals surface area (Å²) in [4.78, 5) is 24.1. The van der Waals surface area contributed by atoms with E-state index in [1.54, 1.807) is 6.92 Å². The average molecular weight is 513 g/mol. The van der Waals surface area contributed by atoms with Crippen LogP contribution in [0, 0.1) is 0 Å². The third-order valence-electron chi connectivity index (χ3n) is 3.61. The molecule has 2 aromatic rings. The van der Waals surface area contributed by atoms with Gasteiger partial charge in [-0.15, -0.1) is 10.2 Å². The first-order valence-corrected chi connectivity index (χ1v) is 12.7. The number of hydrogen-bond acceptors (Lipinski definition) is 9. The number of hydrogen-bond donors (Lipinski definition) is 1. The van der Waals surface area contributed by atoms with E-state index >= 15 is 0 Å². The predicted molar refractivity (Wildman–Crippen MR) is 119 cm³/mol. The van der Waals surface area contributed by atoms with Crippen LogP contribution in [0.2, 0.25) is 10.0 Å². The molecular weight excluding hydrogens is 495 g/mol. The van der Waals surface area contributed by atoms with Gasteiger partial charge >= 0.3 is 5.97 Å². The molecular formula is C16H18Cl2N4O5S3. The molecule has 1 unspecified atom stereocenters. The number of anilines is 2. The Hall–Kier alpha value is -1.60. The highest BCUT2D eigenvalue weighted by Crippen LogP contribution is 2.30. The van der Waals surface area contributed by atoms with Gasteiger partial charge in [-0.1, -0.05) is 53.2 Å². The standard InChI is InChI=1S/C16H18Cl2N4O5S3/c1-4-12(22(30(3,25)26)11-6-9(17)5-10(18)7-11)14(24)19-15-20-21-16(29-15)28-8-13(23)27-2/h5-7,12H,4,8H2,1-3H3,(H,19,20,24). The van der Waals surface area contributed by atoms with E-state index in [1.165, 1.54) is 25.3 Å². The Bertz CT molecular complexity index is 1010. The predicted octanol–water partition coefficient (Wildman–Crippen LogP) is 3.29. The van der Waals surface area contributed by atoms with Gasteiger partial charge in [0.25, 0.3) is 0 Å². The van der Waals surface area contributed by atoms with Crippen LogP contribution in [0.3, 0.4) is 0 Å². The van der Waals surface area contributed by atoms with Crippen LogP contribution in [0.4, 0.5) is 10.8 Å². The number of esters is 1. The minimum atomic E-state index is -3.85. The van der Waals surface area contributed by atoms with E-state index in [0.717, 1.165) is 33.7 Å². The van der Waals surface area contributed by atoms with Crippen molar-refractivity contribution >= 4 is 79.0 Å². The molecule has 0 saturated heterocycles. The first-order valence-electron chi connectivity index (χ1n) is 8.34. The summed E-state index contributed by atoms with van der Waals surface area (Å²) in [5.41, 5.74) is 0.170. The SMILES string of the molecule is CCC(C(=O)Nc1nnc(SCC(=O)OC)s1)N(c1cc(Cl)cc(Cl)c1)S(C)(=O)=O. The van der Waals surface area contributed by atoms with Gasteiger partial charge in [-0.3, -0.25) is 19.2 Å². The van der Waals surface area contributed by atoms with Gasteiger partial charge < -0.3 is 4.74 Å². The van der Waals surface area contributed by atoms with Gasteiger partial charge in [-0.2, -0.15) is 0 Å². The topological polar surface area (TPSA) is 119 Å². The number of rotatable bonds is 9. The summed E-state index contributed by atoms with van der Waals surface area (Å²) in [5, 5.41) is 10.9. The van der Waals surface area contributed by atoms with Crippen LogP contribution in [-0.4, -0.2) is 55.7 Å². The van der Waals surface area contributed by atoms with Crippen molar-refractivity contribution in [3.8, 4) is 0 Å². The van der Waals surface area contributed by atoms with Crippen LogP contribution in [0.15, 0.2) is 22.5 Å². The lowest BCUT2D eigenvalue weighted by Crippen LogP contribution is -2.47. The van der Waals surface area contributed by atoms with Gasteiger partial charge in [0.15, 0.2) is 4.34 Å². The molecule has 164 valence electrons. The fourth-order valence-electron chi connectivity index (χ4n) is 2.41. The summed E-state index contributed by atoms with van der Waals surface area (Å²) < 4.78 is 30.9. The number of halogens is 2. The fourth-order valence-corrected chi connectivity index (χ4v) is 5.71. The first-order chi connectivity index (χ1) is 14.0. The average Bonchev–Trinajstić information content (AvgIpc) is 3.09. The quantitative estimate of drug-likeness (QED) is 0.308. The molecule has 0 spiro atoms. The molecule has 2 rings (SSSR count). The molecule has 1 N–H and O–H groups in total. The van der Waals surface area contributed by atoms with E-state index in [0.29, 0.717) is 4.34 Å². The zero-order valence-electron chi connectivity index (χ0n) is 16.1. The van der Waals surface area contributed by atoms with Crippen molar-refractivity contribution in [3.63, 3.8) is 0 Å². The maximum atomic E-state index is 12.9. The molecule has 0 fully saturated rings. The highest BCUT2D eigenvalue weighted by molar-refractivity contribution is 8.01. The molecule has 0 radical (unpaired) electrons. The van der Waals surface area contributed by atoms with Crippen molar-refractivity contribution in [2.75, 3.05) is 28.7 Å². The Kier molecular flexibility index (Phi) is 8.73. The minimum Gasteiger partial charge on any atom is -0.468 e. The summed E-state index contributed by atoms with van der Waals surface area (Å²) >= 11 is 14.2. The molecule has 9 nitrogen and oxygen atoms in total. The molecule has 0 aliphatic rings. The van der Waals surface area contributed by atoms with E-state index in [2.05, 4.69) is 20.3 Å². The zero-order valence-corrected chi connectivity index (χ0v) is 20.0. The lowest BCUT2D eigenvalue weighted by Gasteiger charge is -2.30. The molecule has 30 heavy (non-hydrogen) atoms. The number of methoxy groups -OCH3 is 1. The zero-order chi connectivity index (χ0) is 22.5. The molecule has 1 atom stereocenters. The van der Waals surface area contributed by atoms with Gasteiger partial charge in [-0.05, 0) is 24.6 Å². The maximum absolute atomic E-state index is 12.9. The third-order valence-corrected chi connectivity index (χ3v) is 7.17. The third kappa shape index (κ3) is 6.71. The van der Waals surface area contributed by atoms with Crippen molar-refractivity contribution in [1.29, 1.82) is 0 Å². The Morgan fingerprint density at radius 1 is 1.27 bits per heavy atom. The van der Waals surface area contributed by atoms with Gasteiger partial charge in [0.1, 0.15) is 6.04 Å². The van der Waals surface area contributed by atoms with Crippen molar-refractivity contribution in [2.24, 2.45) is 0 Å². The van der Waals surface area contributed by atoms with Crippen molar-refractivity contribution in [1.82, 2.24) is 10.2 Å². The number of sulfonamides is 1. The summed E-state index contributed by atoms with van der Waals surface area (Å²) in [6.45, 7) is 1.67. The summed E-state index contributed by atoms with van der Waals surface area (Å²) in [6.07, 6.45) is 1.16. The number of amides is 1. The van der Waals surface area contributed by atoms with E-state index in [1.807, 2.05) is 0 Å². The first kappa shape index (κ1) is 24.7. The van der Waals surface area contributed by atoms with Crippen molar-refractivity contribution in [2.45, 2.75) is 23.7 Å². The Morgan fingerprint density at radius 3 is 2.43 bits per heavy atom. The molecule has 1 heterocycles. The molecule has 1 aromatic carbocycles. The number of ether oxygens (including phenoxy) is 1. The minimum absolute atomic E-state index is 0.0496. The number of nitrogens with zero attached hydrogens (tertiary/aromatic N) is 3. The van der Waals surface area contributed by atoms with Crippen molar-refractivity contribution in [3.05, 3.63) is 28.2 Å². The smallest absolute Gasteiger partial charge is 0.316 e. The van der Waals surface area contributed by atoms with E-state index in [4.69, 9.17) is 23.2 Å². The van der Waals surface area contributed by atoms with Crippen LogP contribution in [0.25, 0.3) is 0 Å². The molecule has 0 aliphatic heterocycles. The van der Waals surface area contributed by atoms with Gasteiger partial charge in [0.05, 0.1) is 24.8 Å². The molecule has 0 aliphatic carbocycles. The Balaban J connectivity index is 2.24. The van der Waals surface area contributed by atoms with Crippen LogP contribution in [0.1, 0.15) is 13.3 Å². The lowest BCUT2D eigenvalue weighted by atomic mass is 10.2. The maximum Gasteiger partial charge on any atom is 0.316 e. The van der Waals surface area contributed by atoms with Crippen LogP contribution in [0.5, 0.6) is 0 Å². The number of benzene rings is 1. The van der Waals surface area contributed by atoms with E-state index in [9.17, 15) is 18.0 Å². The van der Waals surface area contributed by atoms with Gasteiger partial charge in [0.2, 0.25) is 21.1 Å². The Morgan fingerprint density at radius 2 is 1.90 bits per heavy atom. The summed E-state index contributed by atoms with van der Waals surface area (Å²) in [7, 11) is -2.57. The highest BCUT2D eigenvalue weighted by Gasteiger charge is 2.32. The second kappa shape index (κ2) is 10.6. The summed E-state index contributed by atoms with van der Waals surface area (Å²) in [6, 6.07) is 3.21. The lowest BCUT2D eigenvalue weighted by molar-refractivity contribution is -0.137. The van der Waals surface area contributed by atoms with Gasteiger partial charge in [0, 0.05) is 10.0 Å². The van der Waals surface area contributed by atoms with Crippen LogP contribution >= 0.6 is 46.3 Å². The highest BCUT2D eigenvalue weighted by atomic mass is 35.5. The summed E-state index contributed by atoms with van der Waals surface area (Å²) in [5.74, 6) is -0.968. The largest absolute Gasteiger partial charge is 0.468 e. The molecule has 14 heteroatoms. The second-order valence-electron chi connectivity index (χ2n) is 5.84. The number of nitrogens with one attached hydrogen (secondary N) is 1. The second-order valence-corrected chi connectivity index (χ2v) is 10.8. The normalized spacial score (nSPS) is 12.3. The number of carbonyl (C=O) groups is 2. The molecule has 0 saturated carbocycles. The molecule has 1 aromatic heterocycles. The Labute approximate surface area is 192 Å². The molecule has 0 bridgehead atoms. The van der Waals surface area contributed by atoms with E-state index in [-0.39, 0.29) is 33.0 Å². The fraction of sp³-hybridized carbons (Fsp3) is 0.375. The van der Waals surface area contributed by atoms with E-state index < -0.39 is 27.9 Å².